The topological polar surface area (TPSA) is 279 Å². The van der Waals surface area contributed by atoms with E-state index in [0.29, 0.717) is 36.5 Å². The first-order valence-electron chi connectivity index (χ1n) is 23.7. The molecule has 0 rings (SSSR count). The van der Waals surface area contributed by atoms with Crippen molar-refractivity contribution in [3.8, 4) is 0 Å². The predicted molar refractivity (Wildman–Crippen MR) is 250 cm³/mol. The van der Waals surface area contributed by atoms with Crippen molar-refractivity contribution in [3.05, 3.63) is 75.9 Å². The highest BCUT2D eigenvalue weighted by atomic mass is 19.4. The van der Waals surface area contributed by atoms with Crippen LogP contribution >= 0.6 is 0 Å². The van der Waals surface area contributed by atoms with E-state index in [1.54, 1.807) is 0 Å². The summed E-state index contributed by atoms with van der Waals surface area (Å²) >= 11 is 0. The molecule has 0 aliphatic rings. The van der Waals surface area contributed by atoms with Crippen molar-refractivity contribution in [3.63, 3.8) is 0 Å². The number of halogens is 24. The second-order valence-electron chi connectivity index (χ2n) is 17.7. The third kappa shape index (κ3) is 23.5. The Labute approximate surface area is 490 Å². The summed E-state index contributed by atoms with van der Waals surface area (Å²) in [5.74, 6) is -83.8. The molecule has 18 nitrogen and oxygen atoms in total. The number of ether oxygens (including phenoxy) is 6. The Morgan fingerprint density at radius 3 is 0.567 bits per heavy atom. The summed E-state index contributed by atoms with van der Waals surface area (Å²) in [6, 6.07) is 0. The highest BCUT2D eigenvalue weighted by Gasteiger charge is 2.83. The molecule has 0 amide bonds. The average molecular weight is 1370 g/mol. The molecule has 0 aromatic rings. The van der Waals surface area contributed by atoms with Crippen LogP contribution in [0, 0.1) is 0 Å². The predicted octanol–water partition coefficient (Wildman–Crippen LogP) is 7.46. The van der Waals surface area contributed by atoms with Gasteiger partial charge in [-0.1, -0.05) is 39.5 Å². The maximum Gasteiger partial charge on any atom is 0.378 e. The lowest BCUT2D eigenvalue weighted by molar-refractivity contribution is -0.372. The Balaban J connectivity index is -0.00000126. The molecule has 0 radical (unpaired) electrons. The van der Waals surface area contributed by atoms with Gasteiger partial charge in [0.05, 0.1) is 57.4 Å². The van der Waals surface area contributed by atoms with Crippen LogP contribution in [-0.4, -0.2) is 214 Å². The van der Waals surface area contributed by atoms with Crippen molar-refractivity contribution >= 4 is 35.8 Å². The second kappa shape index (κ2) is 34.7. The second-order valence-corrected chi connectivity index (χ2v) is 17.7. The van der Waals surface area contributed by atoms with Crippen LogP contribution in [0.4, 0.5) is 105 Å². The summed E-state index contributed by atoms with van der Waals surface area (Å²) < 4.78 is 355. The Morgan fingerprint density at radius 2 is 0.433 bits per heavy atom. The fourth-order valence-corrected chi connectivity index (χ4v) is 5.85. The number of carbonyl (C=O) groups excluding carboxylic acids is 6. The van der Waals surface area contributed by atoms with Gasteiger partial charge < -0.3 is 59.1 Å². The van der Waals surface area contributed by atoms with Crippen molar-refractivity contribution in [1.29, 1.82) is 0 Å². The molecule has 0 fully saturated rings. The molecule has 0 bridgehead atoms. The number of hydrogen-bond donors (Lipinski definition) is 6. The maximum absolute atomic E-state index is 13.9. The molecule has 0 aliphatic heterocycles. The minimum absolute atomic E-state index is 0.390. The van der Waals surface area contributed by atoms with Gasteiger partial charge in [0.2, 0.25) is 0 Å². The van der Waals surface area contributed by atoms with Crippen LogP contribution in [0.15, 0.2) is 75.9 Å². The number of aliphatic hydroxyl groups excluding tert-OH is 6. The normalized spacial score (nSPS) is 15.1. The molecule has 6 N–H and O–H groups in total. The van der Waals surface area contributed by atoms with E-state index >= 15 is 0 Å². The van der Waals surface area contributed by atoms with Crippen molar-refractivity contribution < 1.29 is 193 Å². The summed E-state index contributed by atoms with van der Waals surface area (Å²) in [6.07, 6.45) is -27.1. The molecular formula is C48H54F24O18. The number of hydrogen-bond acceptors (Lipinski definition) is 18. The van der Waals surface area contributed by atoms with Crippen LogP contribution < -0.4 is 0 Å². The highest BCUT2D eigenvalue weighted by molar-refractivity contribution is 5.83. The molecule has 0 spiro atoms. The largest absolute Gasteiger partial charge is 0.460 e. The number of rotatable bonds is 39. The molecule has 0 saturated carbocycles. The molecule has 0 saturated heterocycles. The highest BCUT2D eigenvalue weighted by Crippen LogP contribution is 2.58. The SMILES string of the molecule is C=CC(=O)OC(CO)CC(F)(F)C(F)(F)C(F)(F)C(F)(F)CC(CO)OC(=O)C=C.C=CC(=O)OCC(O)CC(F)(F)C(F)(F)C(F)(F)C(F)(F)CC(CO)OC(=O)C=C.C=CC(=O)OCC(O)CC(F)(F)C(F)(F)C(F)(F)C(F)(F)CC(O)COC(=O)C=C. The van der Waals surface area contributed by atoms with Crippen LogP contribution in [0.5, 0.6) is 0 Å². The lowest BCUT2D eigenvalue weighted by Crippen LogP contribution is -2.63. The minimum atomic E-state index is -6.72. The van der Waals surface area contributed by atoms with Crippen LogP contribution in [0.3, 0.4) is 0 Å². The first kappa shape index (κ1) is 87.5. The van der Waals surface area contributed by atoms with Gasteiger partial charge in [0.1, 0.15) is 38.1 Å². The van der Waals surface area contributed by atoms with Gasteiger partial charge in [-0.25, -0.2) is 28.8 Å². The summed E-state index contributed by atoms with van der Waals surface area (Å²) in [4.78, 5) is 64.9. The number of aliphatic hydroxyl groups is 6. The Morgan fingerprint density at radius 1 is 0.289 bits per heavy atom. The number of esters is 6. The molecule has 522 valence electrons. The monoisotopic (exact) mass is 1370 g/mol. The fourth-order valence-electron chi connectivity index (χ4n) is 5.85. The summed E-state index contributed by atoms with van der Waals surface area (Å²) in [5.41, 5.74) is 0. The van der Waals surface area contributed by atoms with Gasteiger partial charge in [0.15, 0.2) is 0 Å². The lowest BCUT2D eigenvalue weighted by atomic mass is 9.92. The van der Waals surface area contributed by atoms with Gasteiger partial charge in [-0.3, -0.25) is 0 Å². The van der Waals surface area contributed by atoms with Crippen molar-refractivity contribution in [1.82, 2.24) is 0 Å². The van der Waals surface area contributed by atoms with E-state index in [1.165, 1.54) is 0 Å². The average Bonchev–Trinajstić information content (AvgIpc) is 0.758. The Bertz CT molecular complexity index is 2320. The van der Waals surface area contributed by atoms with Gasteiger partial charge in [-0.05, 0) is 0 Å². The van der Waals surface area contributed by atoms with Crippen molar-refractivity contribution in [2.75, 3.05) is 39.6 Å². The molecular weight excluding hydrogens is 1320 g/mol. The first-order chi connectivity index (χ1) is 40.5. The molecule has 90 heavy (non-hydrogen) atoms. The van der Waals surface area contributed by atoms with E-state index in [9.17, 15) is 149 Å². The number of alkyl halides is 24. The quantitative estimate of drug-likeness (QED) is 0.0151. The van der Waals surface area contributed by atoms with Gasteiger partial charge in [0.25, 0.3) is 0 Å². The van der Waals surface area contributed by atoms with E-state index in [0.717, 1.165) is 0 Å². The fraction of sp³-hybridized carbons (Fsp3) is 0.625. The first-order valence-corrected chi connectivity index (χ1v) is 23.7. The van der Waals surface area contributed by atoms with Crippen LogP contribution in [0.25, 0.3) is 0 Å². The van der Waals surface area contributed by atoms with Gasteiger partial charge in [-0.2, -0.15) is 105 Å². The minimum Gasteiger partial charge on any atom is -0.460 e. The molecule has 6 unspecified atom stereocenters. The van der Waals surface area contributed by atoms with E-state index < -0.39 is 222 Å². The van der Waals surface area contributed by atoms with Crippen LogP contribution in [0.1, 0.15) is 38.5 Å². The Kier molecular flexibility index (Phi) is 33.7. The lowest BCUT2D eigenvalue weighted by Gasteiger charge is -2.38. The molecule has 0 aromatic carbocycles. The summed E-state index contributed by atoms with van der Waals surface area (Å²) in [5, 5.41) is 54.0. The molecule has 0 heterocycles. The van der Waals surface area contributed by atoms with Crippen LogP contribution in [0.2, 0.25) is 0 Å². The van der Waals surface area contributed by atoms with E-state index in [2.05, 4.69) is 67.9 Å². The van der Waals surface area contributed by atoms with Crippen LogP contribution in [-0.2, 0) is 57.2 Å². The zero-order valence-electron chi connectivity index (χ0n) is 45.3. The van der Waals surface area contributed by atoms with Crippen molar-refractivity contribution in [2.45, 2.75) is 146 Å². The number of carbonyl (C=O) groups is 6. The Hall–Kier alpha value is -6.66. The van der Waals surface area contributed by atoms with Gasteiger partial charge in [0, 0.05) is 55.7 Å². The summed E-state index contributed by atoms with van der Waals surface area (Å²) in [7, 11) is 0. The molecule has 0 aromatic heterocycles. The van der Waals surface area contributed by atoms with E-state index in [4.69, 9.17) is 15.3 Å². The van der Waals surface area contributed by atoms with E-state index in [1.807, 2.05) is 0 Å². The zero-order valence-corrected chi connectivity index (χ0v) is 45.3. The molecule has 42 heteroatoms. The van der Waals surface area contributed by atoms with E-state index in [-0.39, 0.29) is 0 Å². The third-order valence-electron chi connectivity index (χ3n) is 10.6. The van der Waals surface area contributed by atoms with Gasteiger partial charge >= 0.3 is 107 Å². The van der Waals surface area contributed by atoms with Crippen molar-refractivity contribution in [2.24, 2.45) is 0 Å². The smallest absolute Gasteiger partial charge is 0.378 e. The molecule has 6 atom stereocenters. The maximum atomic E-state index is 13.9. The summed E-state index contributed by atoms with van der Waals surface area (Å²) in [6.45, 7) is 8.74. The standard InChI is InChI=1S/3C16H18F8O6/c1-3-11(27)29-8-9(26)5-13(17,18)15(21,22)16(23,24)14(19,20)6-10(7-25)30-12(28)4-2;1-3-11(27)29-7-9(25)5-13(17,18)15(21,22)16(23,24)14(19,20)6-10(26)8-30-12(28)4-2;1-3-11(27)29-9(7-25)5-13(17,18)15(21,22)16(23,24)14(19,20)6-10(8-26)30-12(28)4-2/h3*3-4,9-10,25-26H,1-2,5-8H2. The zero-order chi connectivity index (χ0) is 71.9. The van der Waals surface area contributed by atoms with Gasteiger partial charge in [-0.15, -0.1) is 0 Å². The molecule has 0 aliphatic carbocycles. The third-order valence-corrected chi connectivity index (χ3v) is 10.6.